The maximum atomic E-state index is 5.83. The SMILES string of the molecule is CCO[Si](Cc1cccc(Br)c1)(OCC)OCC. The molecular weight excluding hydrogens is 312 g/mol. The van der Waals surface area contributed by atoms with E-state index in [9.17, 15) is 0 Å². The number of rotatable bonds is 8. The molecule has 0 aliphatic rings. The molecule has 0 aromatic heterocycles. The lowest BCUT2D eigenvalue weighted by Gasteiger charge is -2.28. The molecule has 0 N–H and O–H groups in total. The van der Waals surface area contributed by atoms with Crippen LogP contribution in [0.4, 0.5) is 0 Å². The van der Waals surface area contributed by atoms with Crippen molar-refractivity contribution in [3.63, 3.8) is 0 Å². The Hall–Kier alpha value is -0.203. The van der Waals surface area contributed by atoms with Gasteiger partial charge in [-0.2, -0.15) is 0 Å². The second kappa shape index (κ2) is 8.07. The number of halogens is 1. The topological polar surface area (TPSA) is 27.7 Å². The molecule has 102 valence electrons. The lowest BCUT2D eigenvalue weighted by Crippen LogP contribution is -2.48. The van der Waals surface area contributed by atoms with Crippen molar-refractivity contribution in [2.24, 2.45) is 0 Å². The molecule has 0 saturated carbocycles. The van der Waals surface area contributed by atoms with Crippen molar-refractivity contribution < 1.29 is 13.3 Å². The summed E-state index contributed by atoms with van der Waals surface area (Å²) in [5.41, 5.74) is 1.17. The van der Waals surface area contributed by atoms with Gasteiger partial charge in [-0.1, -0.05) is 28.1 Å². The zero-order chi connectivity index (χ0) is 13.4. The molecule has 0 aliphatic carbocycles. The van der Waals surface area contributed by atoms with Gasteiger partial charge in [-0.05, 0) is 38.5 Å². The summed E-state index contributed by atoms with van der Waals surface area (Å²) >= 11 is 3.48. The maximum absolute atomic E-state index is 5.83. The van der Waals surface area contributed by atoms with Gasteiger partial charge in [0.1, 0.15) is 0 Å². The Morgan fingerprint density at radius 2 is 1.56 bits per heavy atom. The van der Waals surface area contributed by atoms with Gasteiger partial charge in [0.05, 0.1) is 0 Å². The van der Waals surface area contributed by atoms with Gasteiger partial charge in [-0.25, -0.2) is 0 Å². The number of hydrogen-bond donors (Lipinski definition) is 0. The van der Waals surface area contributed by atoms with Gasteiger partial charge in [0, 0.05) is 30.3 Å². The lowest BCUT2D eigenvalue weighted by molar-refractivity contribution is 0.0704. The Morgan fingerprint density at radius 1 is 1.00 bits per heavy atom. The van der Waals surface area contributed by atoms with Crippen LogP contribution in [0.15, 0.2) is 28.7 Å². The van der Waals surface area contributed by atoms with E-state index >= 15 is 0 Å². The fourth-order valence-corrected chi connectivity index (χ4v) is 4.88. The number of benzene rings is 1. The van der Waals surface area contributed by atoms with Gasteiger partial charge in [-0.3, -0.25) is 0 Å². The minimum absolute atomic E-state index is 0.611. The lowest BCUT2D eigenvalue weighted by atomic mass is 10.2. The summed E-state index contributed by atoms with van der Waals surface area (Å²) in [5, 5.41) is 0. The largest absolute Gasteiger partial charge is 0.505 e. The summed E-state index contributed by atoms with van der Waals surface area (Å²) < 4.78 is 18.6. The average molecular weight is 333 g/mol. The molecular formula is C13H21BrO3Si. The quantitative estimate of drug-likeness (QED) is 0.681. The Bertz CT molecular complexity index is 343. The highest BCUT2D eigenvalue weighted by atomic mass is 79.9. The molecule has 0 unspecified atom stereocenters. The summed E-state index contributed by atoms with van der Waals surface area (Å²) in [6.07, 6.45) is 0. The molecule has 1 rings (SSSR count). The van der Waals surface area contributed by atoms with Crippen molar-refractivity contribution in [1.29, 1.82) is 0 Å². The van der Waals surface area contributed by atoms with Crippen LogP contribution < -0.4 is 0 Å². The molecule has 0 heterocycles. The fraction of sp³-hybridized carbons (Fsp3) is 0.538. The molecule has 0 aliphatic heterocycles. The van der Waals surface area contributed by atoms with Gasteiger partial charge < -0.3 is 13.3 Å². The fourth-order valence-electron chi connectivity index (χ4n) is 1.83. The first-order chi connectivity index (χ1) is 8.65. The summed E-state index contributed by atoms with van der Waals surface area (Å²) in [5.74, 6) is 0. The van der Waals surface area contributed by atoms with E-state index in [1.807, 2.05) is 32.9 Å². The van der Waals surface area contributed by atoms with Crippen LogP contribution in [-0.2, 0) is 19.3 Å². The molecule has 0 fully saturated rings. The van der Waals surface area contributed by atoms with Crippen molar-refractivity contribution in [3.8, 4) is 0 Å². The van der Waals surface area contributed by atoms with Crippen LogP contribution in [0.1, 0.15) is 26.3 Å². The van der Waals surface area contributed by atoms with Gasteiger partial charge in [-0.15, -0.1) is 0 Å². The van der Waals surface area contributed by atoms with Gasteiger partial charge in [0.15, 0.2) is 0 Å². The predicted molar refractivity (Wildman–Crippen MR) is 78.5 cm³/mol. The van der Waals surface area contributed by atoms with Crippen molar-refractivity contribution in [2.45, 2.75) is 26.8 Å². The van der Waals surface area contributed by atoms with Gasteiger partial charge in [0.25, 0.3) is 0 Å². The molecule has 3 nitrogen and oxygen atoms in total. The van der Waals surface area contributed by atoms with Crippen molar-refractivity contribution in [3.05, 3.63) is 34.3 Å². The third-order valence-electron chi connectivity index (χ3n) is 2.40. The highest BCUT2D eigenvalue weighted by Gasteiger charge is 2.40. The molecule has 0 bridgehead atoms. The van der Waals surface area contributed by atoms with E-state index in [2.05, 4.69) is 28.1 Å². The average Bonchev–Trinajstić information content (AvgIpc) is 2.30. The van der Waals surface area contributed by atoms with Crippen LogP contribution in [0.5, 0.6) is 0 Å². The van der Waals surface area contributed by atoms with E-state index in [4.69, 9.17) is 13.3 Å². The Kier molecular flexibility index (Phi) is 7.10. The van der Waals surface area contributed by atoms with Crippen LogP contribution >= 0.6 is 15.9 Å². The molecule has 0 atom stereocenters. The van der Waals surface area contributed by atoms with Crippen molar-refractivity contribution >= 4 is 24.7 Å². The number of hydrogen-bond acceptors (Lipinski definition) is 3. The zero-order valence-electron chi connectivity index (χ0n) is 11.2. The van der Waals surface area contributed by atoms with Crippen LogP contribution in [0.25, 0.3) is 0 Å². The van der Waals surface area contributed by atoms with E-state index in [1.165, 1.54) is 5.56 Å². The van der Waals surface area contributed by atoms with Crippen molar-refractivity contribution in [2.75, 3.05) is 19.8 Å². The third-order valence-corrected chi connectivity index (χ3v) is 5.92. The molecule has 0 spiro atoms. The third kappa shape index (κ3) is 4.82. The maximum Gasteiger partial charge on any atom is 0.505 e. The molecule has 0 radical (unpaired) electrons. The Balaban J connectivity index is 2.87. The first-order valence-corrected chi connectivity index (χ1v) is 9.04. The van der Waals surface area contributed by atoms with Crippen LogP contribution in [0.3, 0.4) is 0 Å². The second-order valence-electron chi connectivity index (χ2n) is 3.79. The van der Waals surface area contributed by atoms with Crippen LogP contribution in [0.2, 0.25) is 0 Å². The molecule has 18 heavy (non-hydrogen) atoms. The molecule has 1 aromatic carbocycles. The summed E-state index contributed by atoms with van der Waals surface area (Å²) in [6.45, 7) is 7.75. The van der Waals surface area contributed by atoms with Crippen LogP contribution in [-0.4, -0.2) is 28.6 Å². The van der Waals surface area contributed by atoms with E-state index in [1.54, 1.807) is 0 Å². The van der Waals surface area contributed by atoms with E-state index < -0.39 is 8.80 Å². The minimum atomic E-state index is -2.58. The molecule has 5 heteroatoms. The summed E-state index contributed by atoms with van der Waals surface area (Å²) in [7, 11) is -2.58. The van der Waals surface area contributed by atoms with Crippen molar-refractivity contribution in [1.82, 2.24) is 0 Å². The van der Waals surface area contributed by atoms with E-state index in [0.717, 1.165) is 4.47 Å². The highest BCUT2D eigenvalue weighted by molar-refractivity contribution is 9.10. The van der Waals surface area contributed by atoms with Gasteiger partial charge in [0.2, 0.25) is 0 Å². The predicted octanol–water partition coefficient (Wildman–Crippen LogP) is 3.58. The molecule has 0 amide bonds. The highest BCUT2D eigenvalue weighted by Crippen LogP contribution is 2.19. The first kappa shape index (κ1) is 15.9. The Labute approximate surface area is 119 Å². The zero-order valence-corrected chi connectivity index (χ0v) is 13.8. The minimum Gasteiger partial charge on any atom is -0.374 e. The second-order valence-corrected chi connectivity index (χ2v) is 7.29. The van der Waals surface area contributed by atoms with E-state index in [-0.39, 0.29) is 0 Å². The first-order valence-electron chi connectivity index (χ1n) is 6.32. The molecule has 1 aromatic rings. The standard InChI is InChI=1S/C13H21BrO3Si/c1-4-15-18(16-5-2,17-6-3)11-12-8-7-9-13(14)10-12/h7-10H,4-6,11H2,1-3H3. The smallest absolute Gasteiger partial charge is 0.374 e. The van der Waals surface area contributed by atoms with Crippen LogP contribution in [0, 0.1) is 0 Å². The monoisotopic (exact) mass is 332 g/mol. The Morgan fingerprint density at radius 3 is 2.00 bits per heavy atom. The summed E-state index contributed by atoms with van der Waals surface area (Å²) in [6, 6.07) is 8.89. The normalized spacial score (nSPS) is 11.8. The van der Waals surface area contributed by atoms with E-state index in [0.29, 0.717) is 25.9 Å². The summed E-state index contributed by atoms with van der Waals surface area (Å²) in [4.78, 5) is 0. The molecule has 0 saturated heterocycles. The van der Waals surface area contributed by atoms with Gasteiger partial charge >= 0.3 is 8.80 Å².